The molecular weight excluding hydrogens is 200 g/mol. The van der Waals surface area contributed by atoms with Gasteiger partial charge >= 0.3 is 0 Å². The number of nitrogens with zero attached hydrogens (tertiary/aromatic N) is 1. The van der Waals surface area contributed by atoms with Crippen molar-refractivity contribution in [1.29, 1.82) is 0 Å². The van der Waals surface area contributed by atoms with E-state index in [9.17, 15) is 0 Å². The molecule has 0 spiro atoms. The Hall–Kier alpha value is -0.800. The molecule has 0 radical (unpaired) electrons. The van der Waals surface area contributed by atoms with Gasteiger partial charge in [-0.15, -0.1) is 0 Å². The maximum atomic E-state index is 5.72. The van der Waals surface area contributed by atoms with Crippen LogP contribution in [0.25, 0.3) is 0 Å². The Labute approximate surface area is 88.4 Å². The third kappa shape index (κ3) is 2.59. The van der Waals surface area contributed by atoms with Crippen LogP contribution >= 0.6 is 11.6 Å². The van der Waals surface area contributed by atoms with Crippen LogP contribution in [0.1, 0.15) is 12.8 Å². The molecule has 0 amide bonds. The molecule has 1 atom stereocenters. The van der Waals surface area contributed by atoms with Crippen molar-refractivity contribution in [2.24, 2.45) is 0 Å². The first-order chi connectivity index (χ1) is 6.84. The van der Waals surface area contributed by atoms with E-state index >= 15 is 0 Å². The van der Waals surface area contributed by atoms with Crippen LogP contribution in [0, 0.1) is 0 Å². The molecule has 76 valence electrons. The third-order valence-corrected chi connectivity index (χ3v) is 2.46. The Morgan fingerprint density at radius 3 is 3.07 bits per heavy atom. The summed E-state index contributed by atoms with van der Waals surface area (Å²) in [5, 5.41) is 3.93. The van der Waals surface area contributed by atoms with Crippen LogP contribution < -0.4 is 10.1 Å². The Kier molecular flexibility index (Phi) is 3.22. The van der Waals surface area contributed by atoms with Gasteiger partial charge in [-0.2, -0.15) is 0 Å². The number of pyridine rings is 1. The summed E-state index contributed by atoms with van der Waals surface area (Å²) in [5.41, 5.74) is 0. The highest BCUT2D eigenvalue weighted by Crippen LogP contribution is 2.15. The molecule has 0 bridgehead atoms. The summed E-state index contributed by atoms with van der Waals surface area (Å²) < 4.78 is 5.68. The minimum atomic E-state index is 0.248. The maximum Gasteiger partial charge on any atom is 0.213 e. The Morgan fingerprint density at radius 2 is 2.43 bits per heavy atom. The summed E-state index contributed by atoms with van der Waals surface area (Å²) in [6, 6.07) is 3.59. The summed E-state index contributed by atoms with van der Waals surface area (Å²) in [6.07, 6.45) is 4.11. The van der Waals surface area contributed by atoms with Crippen LogP contribution in [0.5, 0.6) is 5.88 Å². The van der Waals surface area contributed by atoms with Crippen molar-refractivity contribution in [3.63, 3.8) is 0 Å². The predicted octanol–water partition coefficient (Wildman–Crippen LogP) is 1.87. The number of aromatic nitrogens is 1. The Bertz CT molecular complexity index is 283. The molecular formula is C10H13ClN2O. The lowest BCUT2D eigenvalue weighted by molar-refractivity contribution is 0.160. The molecule has 14 heavy (non-hydrogen) atoms. The fourth-order valence-corrected chi connectivity index (χ4v) is 1.63. The molecule has 1 N–H and O–H groups in total. The first-order valence-corrected chi connectivity index (χ1v) is 5.21. The molecule has 0 aliphatic carbocycles. The second-order valence-electron chi connectivity index (χ2n) is 3.40. The van der Waals surface area contributed by atoms with Crippen LogP contribution in [-0.4, -0.2) is 24.2 Å². The van der Waals surface area contributed by atoms with Crippen LogP contribution in [0.3, 0.4) is 0 Å². The van der Waals surface area contributed by atoms with Crippen molar-refractivity contribution in [3.05, 3.63) is 23.4 Å². The van der Waals surface area contributed by atoms with Crippen molar-refractivity contribution < 1.29 is 4.74 Å². The van der Waals surface area contributed by atoms with Crippen molar-refractivity contribution in [2.75, 3.05) is 13.1 Å². The quantitative estimate of drug-likeness (QED) is 0.813. The van der Waals surface area contributed by atoms with Crippen LogP contribution in [0.2, 0.25) is 5.02 Å². The van der Waals surface area contributed by atoms with E-state index in [2.05, 4.69) is 10.3 Å². The van der Waals surface area contributed by atoms with E-state index in [-0.39, 0.29) is 6.10 Å². The number of rotatable bonds is 2. The summed E-state index contributed by atoms with van der Waals surface area (Å²) in [5.74, 6) is 0.656. The zero-order chi connectivity index (χ0) is 9.80. The number of halogens is 1. The molecule has 2 heterocycles. The molecule has 0 aromatic carbocycles. The van der Waals surface area contributed by atoms with Gasteiger partial charge in [-0.3, -0.25) is 0 Å². The Morgan fingerprint density at radius 1 is 1.50 bits per heavy atom. The summed E-state index contributed by atoms with van der Waals surface area (Å²) in [6.45, 7) is 2.00. The van der Waals surface area contributed by atoms with Gasteiger partial charge < -0.3 is 10.1 Å². The SMILES string of the molecule is Clc1ccc(OC2CCCNC2)nc1. The van der Waals surface area contributed by atoms with E-state index in [1.165, 1.54) is 0 Å². The van der Waals surface area contributed by atoms with E-state index in [0.29, 0.717) is 10.9 Å². The van der Waals surface area contributed by atoms with Crippen molar-refractivity contribution in [2.45, 2.75) is 18.9 Å². The summed E-state index contributed by atoms with van der Waals surface area (Å²) >= 11 is 5.72. The zero-order valence-electron chi connectivity index (χ0n) is 7.87. The van der Waals surface area contributed by atoms with Gasteiger partial charge in [-0.25, -0.2) is 4.98 Å². The van der Waals surface area contributed by atoms with Crippen molar-refractivity contribution >= 4 is 11.6 Å². The highest BCUT2D eigenvalue weighted by atomic mass is 35.5. The number of hydrogen-bond acceptors (Lipinski definition) is 3. The van der Waals surface area contributed by atoms with Crippen LogP contribution in [0.4, 0.5) is 0 Å². The molecule has 1 aromatic heterocycles. The van der Waals surface area contributed by atoms with Gasteiger partial charge in [0.2, 0.25) is 5.88 Å². The molecule has 2 rings (SSSR count). The lowest BCUT2D eigenvalue weighted by Crippen LogP contribution is -2.37. The fourth-order valence-electron chi connectivity index (χ4n) is 1.52. The molecule has 1 unspecified atom stereocenters. The topological polar surface area (TPSA) is 34.1 Å². The minimum Gasteiger partial charge on any atom is -0.473 e. The summed E-state index contributed by atoms with van der Waals surface area (Å²) in [4.78, 5) is 4.09. The molecule has 3 nitrogen and oxygen atoms in total. The first kappa shape index (κ1) is 9.74. The molecule has 1 fully saturated rings. The second kappa shape index (κ2) is 4.62. The third-order valence-electron chi connectivity index (χ3n) is 2.24. The van der Waals surface area contributed by atoms with E-state index in [1.54, 1.807) is 18.3 Å². The number of ether oxygens (including phenoxy) is 1. The van der Waals surface area contributed by atoms with Gasteiger partial charge in [0.1, 0.15) is 6.10 Å². The van der Waals surface area contributed by atoms with Gasteiger partial charge in [0.15, 0.2) is 0 Å². The molecule has 1 saturated heterocycles. The normalized spacial score (nSPS) is 21.9. The van der Waals surface area contributed by atoms with Crippen LogP contribution in [0.15, 0.2) is 18.3 Å². The Balaban J connectivity index is 1.92. The maximum absolute atomic E-state index is 5.72. The van der Waals surface area contributed by atoms with E-state index in [1.807, 2.05) is 0 Å². The second-order valence-corrected chi connectivity index (χ2v) is 3.84. The smallest absolute Gasteiger partial charge is 0.213 e. The minimum absolute atomic E-state index is 0.248. The first-order valence-electron chi connectivity index (χ1n) is 4.83. The molecule has 1 aliphatic heterocycles. The average molecular weight is 213 g/mol. The lowest BCUT2D eigenvalue weighted by atomic mass is 10.1. The van der Waals surface area contributed by atoms with Crippen molar-refractivity contribution in [3.8, 4) is 5.88 Å². The summed E-state index contributed by atoms with van der Waals surface area (Å²) in [7, 11) is 0. The molecule has 1 aromatic rings. The van der Waals surface area contributed by atoms with Gasteiger partial charge in [0.05, 0.1) is 5.02 Å². The van der Waals surface area contributed by atoms with Gasteiger partial charge in [0.25, 0.3) is 0 Å². The number of hydrogen-bond donors (Lipinski definition) is 1. The van der Waals surface area contributed by atoms with Gasteiger partial charge in [-0.05, 0) is 25.5 Å². The van der Waals surface area contributed by atoms with Crippen molar-refractivity contribution in [1.82, 2.24) is 10.3 Å². The lowest BCUT2D eigenvalue weighted by Gasteiger charge is -2.23. The highest BCUT2D eigenvalue weighted by Gasteiger charge is 2.14. The number of piperidine rings is 1. The van der Waals surface area contributed by atoms with E-state index in [0.717, 1.165) is 25.9 Å². The molecule has 0 saturated carbocycles. The number of nitrogens with one attached hydrogen (secondary N) is 1. The largest absolute Gasteiger partial charge is 0.473 e. The molecule has 4 heteroatoms. The van der Waals surface area contributed by atoms with E-state index in [4.69, 9.17) is 16.3 Å². The standard InChI is InChI=1S/C10H13ClN2O/c11-8-3-4-10(13-6-8)14-9-2-1-5-12-7-9/h3-4,6,9,12H,1-2,5,7H2. The fraction of sp³-hybridized carbons (Fsp3) is 0.500. The highest BCUT2D eigenvalue weighted by molar-refractivity contribution is 6.30. The van der Waals surface area contributed by atoms with Gasteiger partial charge in [0, 0.05) is 18.8 Å². The average Bonchev–Trinajstić information content (AvgIpc) is 2.23. The predicted molar refractivity (Wildman–Crippen MR) is 55.8 cm³/mol. The molecule has 1 aliphatic rings. The zero-order valence-corrected chi connectivity index (χ0v) is 8.63. The van der Waals surface area contributed by atoms with E-state index < -0.39 is 0 Å². The monoisotopic (exact) mass is 212 g/mol. The van der Waals surface area contributed by atoms with Gasteiger partial charge in [-0.1, -0.05) is 11.6 Å². The van der Waals surface area contributed by atoms with Crippen LogP contribution in [-0.2, 0) is 0 Å².